The molecule has 0 bridgehead atoms. The first-order valence-electron chi connectivity index (χ1n) is 7.04. The molecular formula is C15H18IN3O3. The van der Waals surface area contributed by atoms with Gasteiger partial charge in [0, 0.05) is 9.26 Å². The van der Waals surface area contributed by atoms with E-state index in [0.29, 0.717) is 12.1 Å². The van der Waals surface area contributed by atoms with Crippen molar-refractivity contribution in [3.63, 3.8) is 0 Å². The van der Waals surface area contributed by atoms with E-state index in [0.717, 1.165) is 8.47 Å². The van der Waals surface area contributed by atoms with Crippen LogP contribution in [0.3, 0.4) is 0 Å². The van der Waals surface area contributed by atoms with Gasteiger partial charge in [0.05, 0.1) is 0 Å². The molecule has 4 amide bonds. The molecule has 7 heteroatoms. The molecule has 0 radical (unpaired) electrons. The van der Waals surface area contributed by atoms with Crippen molar-refractivity contribution in [1.82, 2.24) is 10.2 Å². The minimum absolute atomic E-state index is 0.273. The largest absolute Gasteiger partial charge is 0.326 e. The Morgan fingerprint density at radius 3 is 2.77 bits per heavy atom. The third kappa shape index (κ3) is 4.19. The minimum atomic E-state index is -0.530. The van der Waals surface area contributed by atoms with Crippen LogP contribution in [-0.4, -0.2) is 35.3 Å². The number of rotatable bonds is 5. The summed E-state index contributed by atoms with van der Waals surface area (Å²) >= 11 is 2.14. The third-order valence-corrected chi connectivity index (χ3v) is 3.90. The van der Waals surface area contributed by atoms with Gasteiger partial charge in [0.1, 0.15) is 12.6 Å². The monoisotopic (exact) mass is 415 g/mol. The van der Waals surface area contributed by atoms with Crippen LogP contribution in [0.1, 0.15) is 20.3 Å². The maximum absolute atomic E-state index is 12.2. The molecule has 1 heterocycles. The smallest absolute Gasteiger partial charge is 0.325 e. The first-order valence-corrected chi connectivity index (χ1v) is 8.12. The first kappa shape index (κ1) is 16.7. The Morgan fingerprint density at radius 2 is 2.14 bits per heavy atom. The number of imide groups is 1. The van der Waals surface area contributed by atoms with Gasteiger partial charge in [-0.15, -0.1) is 0 Å². The topological polar surface area (TPSA) is 78.5 Å². The lowest BCUT2D eigenvalue weighted by Gasteiger charge is -2.13. The normalized spacial score (nSPS) is 17.8. The van der Waals surface area contributed by atoms with Gasteiger partial charge in [-0.05, 0) is 53.1 Å². The molecule has 1 saturated heterocycles. The van der Waals surface area contributed by atoms with Crippen molar-refractivity contribution in [2.75, 3.05) is 11.9 Å². The van der Waals surface area contributed by atoms with Crippen LogP contribution in [0, 0.1) is 9.49 Å². The molecule has 1 atom stereocenters. The van der Waals surface area contributed by atoms with E-state index in [2.05, 4.69) is 33.2 Å². The molecule has 2 N–H and O–H groups in total. The Morgan fingerprint density at radius 1 is 1.41 bits per heavy atom. The van der Waals surface area contributed by atoms with Crippen LogP contribution < -0.4 is 10.6 Å². The van der Waals surface area contributed by atoms with Gasteiger partial charge in [0.25, 0.3) is 5.91 Å². The molecule has 118 valence electrons. The maximum atomic E-state index is 12.2. The molecule has 0 aromatic heterocycles. The van der Waals surface area contributed by atoms with Gasteiger partial charge in [0.2, 0.25) is 5.91 Å². The van der Waals surface area contributed by atoms with Gasteiger partial charge < -0.3 is 10.6 Å². The van der Waals surface area contributed by atoms with Gasteiger partial charge >= 0.3 is 6.03 Å². The number of anilines is 1. The Hall–Kier alpha value is -1.64. The summed E-state index contributed by atoms with van der Waals surface area (Å²) in [5.74, 6) is -0.443. The number of hydrogen-bond acceptors (Lipinski definition) is 3. The summed E-state index contributed by atoms with van der Waals surface area (Å²) in [4.78, 5) is 37.0. The highest BCUT2D eigenvalue weighted by atomic mass is 127. The van der Waals surface area contributed by atoms with Crippen LogP contribution in [0.15, 0.2) is 24.3 Å². The van der Waals surface area contributed by atoms with E-state index < -0.39 is 18.0 Å². The maximum Gasteiger partial charge on any atom is 0.325 e. The van der Waals surface area contributed by atoms with Crippen molar-refractivity contribution >= 4 is 46.1 Å². The molecular weight excluding hydrogens is 397 g/mol. The minimum Gasteiger partial charge on any atom is -0.326 e. The summed E-state index contributed by atoms with van der Waals surface area (Å²) < 4.78 is 0.988. The zero-order valence-electron chi connectivity index (χ0n) is 12.4. The fourth-order valence-electron chi connectivity index (χ4n) is 2.27. The molecule has 1 aromatic carbocycles. The molecule has 6 nitrogen and oxygen atoms in total. The molecule has 1 aromatic rings. The number of nitrogens with zero attached hydrogens (tertiary/aromatic N) is 1. The highest BCUT2D eigenvalue weighted by Gasteiger charge is 2.38. The molecule has 1 aliphatic rings. The number of urea groups is 1. The standard InChI is InChI=1S/C15H18IN3O3/c1-9(2)6-12-14(21)19(15(22)18-12)8-13(20)17-11-5-3-4-10(16)7-11/h3-5,7,9,12H,6,8H2,1-2H3,(H,17,20)(H,18,22). The quantitative estimate of drug-likeness (QED) is 0.572. The zero-order valence-corrected chi connectivity index (χ0v) is 14.6. The Bertz CT molecular complexity index is 603. The summed E-state index contributed by atoms with van der Waals surface area (Å²) in [5.41, 5.74) is 0.641. The van der Waals surface area contributed by atoms with E-state index >= 15 is 0 Å². The van der Waals surface area contributed by atoms with Gasteiger partial charge in [-0.1, -0.05) is 19.9 Å². The highest BCUT2D eigenvalue weighted by molar-refractivity contribution is 14.1. The number of hydrogen-bond donors (Lipinski definition) is 2. The molecule has 22 heavy (non-hydrogen) atoms. The van der Waals surface area contributed by atoms with Crippen molar-refractivity contribution in [3.8, 4) is 0 Å². The molecule has 1 fully saturated rings. The summed E-state index contributed by atoms with van der Waals surface area (Å²) in [6.45, 7) is 3.68. The summed E-state index contributed by atoms with van der Waals surface area (Å²) in [6, 6.07) is 6.26. The van der Waals surface area contributed by atoms with E-state index in [1.54, 1.807) is 6.07 Å². The van der Waals surface area contributed by atoms with E-state index in [-0.39, 0.29) is 18.4 Å². The second kappa shape index (κ2) is 7.08. The van der Waals surface area contributed by atoms with Crippen LogP contribution in [0.25, 0.3) is 0 Å². The van der Waals surface area contributed by atoms with Crippen molar-refractivity contribution in [2.24, 2.45) is 5.92 Å². The van der Waals surface area contributed by atoms with Crippen molar-refractivity contribution in [2.45, 2.75) is 26.3 Å². The Kier molecular flexibility index (Phi) is 5.38. The number of benzene rings is 1. The van der Waals surface area contributed by atoms with Crippen molar-refractivity contribution in [1.29, 1.82) is 0 Å². The molecule has 1 aliphatic heterocycles. The van der Waals surface area contributed by atoms with Gasteiger partial charge in [-0.25, -0.2) is 4.79 Å². The Balaban J connectivity index is 1.96. The van der Waals surface area contributed by atoms with E-state index in [1.807, 2.05) is 32.0 Å². The second-order valence-electron chi connectivity index (χ2n) is 5.61. The summed E-state index contributed by atoms with van der Waals surface area (Å²) in [6.07, 6.45) is 0.569. The van der Waals surface area contributed by atoms with Crippen LogP contribution in [-0.2, 0) is 9.59 Å². The van der Waals surface area contributed by atoms with E-state index in [9.17, 15) is 14.4 Å². The van der Waals surface area contributed by atoms with E-state index in [1.165, 1.54) is 0 Å². The van der Waals surface area contributed by atoms with Crippen LogP contribution in [0.2, 0.25) is 0 Å². The number of halogens is 1. The predicted molar refractivity (Wildman–Crippen MR) is 91.3 cm³/mol. The van der Waals surface area contributed by atoms with Crippen LogP contribution in [0.5, 0.6) is 0 Å². The van der Waals surface area contributed by atoms with Gasteiger partial charge in [-0.2, -0.15) is 0 Å². The fourth-order valence-corrected chi connectivity index (χ4v) is 2.81. The van der Waals surface area contributed by atoms with Gasteiger partial charge in [0.15, 0.2) is 0 Å². The lowest BCUT2D eigenvalue weighted by atomic mass is 10.0. The molecule has 2 rings (SSSR count). The van der Waals surface area contributed by atoms with E-state index in [4.69, 9.17) is 0 Å². The fraction of sp³-hybridized carbons (Fsp3) is 0.400. The van der Waals surface area contributed by atoms with Crippen LogP contribution >= 0.6 is 22.6 Å². The number of carbonyl (C=O) groups is 3. The zero-order chi connectivity index (χ0) is 16.3. The third-order valence-electron chi connectivity index (χ3n) is 3.22. The number of amides is 4. The average Bonchev–Trinajstić information content (AvgIpc) is 2.66. The number of carbonyl (C=O) groups excluding carboxylic acids is 3. The van der Waals surface area contributed by atoms with Crippen LogP contribution in [0.4, 0.5) is 10.5 Å². The summed E-state index contributed by atoms with van der Waals surface area (Å²) in [7, 11) is 0. The molecule has 0 aliphatic carbocycles. The molecule has 0 spiro atoms. The summed E-state index contributed by atoms with van der Waals surface area (Å²) in [5, 5.41) is 5.31. The average molecular weight is 415 g/mol. The lowest BCUT2D eigenvalue weighted by molar-refractivity contribution is -0.131. The molecule has 0 saturated carbocycles. The lowest BCUT2D eigenvalue weighted by Crippen LogP contribution is -2.38. The van der Waals surface area contributed by atoms with Crippen molar-refractivity contribution in [3.05, 3.63) is 27.8 Å². The van der Waals surface area contributed by atoms with Crippen molar-refractivity contribution < 1.29 is 14.4 Å². The predicted octanol–water partition coefficient (Wildman–Crippen LogP) is 2.20. The SMILES string of the molecule is CC(C)CC1NC(=O)N(CC(=O)Nc2cccc(I)c2)C1=O. The second-order valence-corrected chi connectivity index (χ2v) is 6.86. The first-order chi connectivity index (χ1) is 10.4. The Labute approximate surface area is 142 Å². The van der Waals surface area contributed by atoms with Gasteiger partial charge in [-0.3, -0.25) is 14.5 Å². The highest BCUT2D eigenvalue weighted by Crippen LogP contribution is 2.15. The molecule has 1 unspecified atom stereocenters. The number of nitrogens with one attached hydrogen (secondary N) is 2.